The Balaban J connectivity index is 2.44. The molecule has 0 aliphatic heterocycles. The second kappa shape index (κ2) is 6.11. The van der Waals surface area contributed by atoms with Gasteiger partial charge in [-0.2, -0.15) is 0 Å². The molecule has 0 radical (unpaired) electrons. The minimum absolute atomic E-state index is 0.0214. The number of anilines is 3. The monoisotopic (exact) mass is 326 g/mol. The molecule has 2 rings (SSSR count). The Morgan fingerprint density at radius 3 is 2.52 bits per heavy atom. The number of carbonyl (C=O) groups is 1. The van der Waals surface area contributed by atoms with E-state index in [4.69, 9.17) is 33.7 Å². The van der Waals surface area contributed by atoms with Crippen molar-refractivity contribution in [2.24, 2.45) is 0 Å². The standard InChI is InChI=1S/C14H12Cl2N2O3/c1-21-12-3-2-8(6-10(12)15)18-13-9(14(19)20)4-7(17)5-11(13)16/h2-6,18H,17H2,1H3,(H,19,20). The lowest BCUT2D eigenvalue weighted by atomic mass is 10.1. The molecule has 0 unspecified atom stereocenters. The molecular formula is C14H12Cl2N2O3. The molecule has 0 amide bonds. The number of carboxylic acid groups (broad SMARTS) is 1. The van der Waals surface area contributed by atoms with Crippen molar-refractivity contribution in [3.8, 4) is 5.75 Å². The molecule has 7 heteroatoms. The number of nitrogen functional groups attached to an aromatic ring is 1. The Bertz CT molecular complexity index is 705. The first-order valence-electron chi connectivity index (χ1n) is 5.85. The highest BCUT2D eigenvalue weighted by atomic mass is 35.5. The van der Waals surface area contributed by atoms with E-state index in [1.165, 1.54) is 19.2 Å². The fraction of sp³-hybridized carbons (Fsp3) is 0.0714. The minimum Gasteiger partial charge on any atom is -0.495 e. The zero-order valence-corrected chi connectivity index (χ0v) is 12.5. The van der Waals surface area contributed by atoms with Gasteiger partial charge in [0.25, 0.3) is 0 Å². The zero-order chi connectivity index (χ0) is 15.6. The smallest absolute Gasteiger partial charge is 0.337 e. The molecule has 0 atom stereocenters. The fourth-order valence-corrected chi connectivity index (χ4v) is 2.34. The fourth-order valence-electron chi connectivity index (χ4n) is 1.81. The number of aromatic carboxylic acids is 1. The van der Waals surface area contributed by atoms with Gasteiger partial charge in [0.1, 0.15) is 5.75 Å². The van der Waals surface area contributed by atoms with E-state index in [9.17, 15) is 9.90 Å². The van der Waals surface area contributed by atoms with E-state index in [0.29, 0.717) is 16.5 Å². The summed E-state index contributed by atoms with van der Waals surface area (Å²) in [7, 11) is 1.51. The van der Waals surface area contributed by atoms with Crippen LogP contribution in [0.1, 0.15) is 10.4 Å². The van der Waals surface area contributed by atoms with E-state index >= 15 is 0 Å². The molecule has 21 heavy (non-hydrogen) atoms. The Kier molecular flexibility index (Phi) is 4.45. The lowest BCUT2D eigenvalue weighted by Crippen LogP contribution is -2.05. The van der Waals surface area contributed by atoms with Crippen LogP contribution in [-0.4, -0.2) is 18.2 Å². The molecule has 0 aliphatic carbocycles. The summed E-state index contributed by atoms with van der Waals surface area (Å²) in [6.07, 6.45) is 0. The maximum atomic E-state index is 11.3. The summed E-state index contributed by atoms with van der Waals surface area (Å²) in [4.78, 5) is 11.3. The van der Waals surface area contributed by atoms with E-state index in [1.807, 2.05) is 0 Å². The van der Waals surface area contributed by atoms with Gasteiger partial charge in [0.2, 0.25) is 0 Å². The Hall–Kier alpha value is -2.11. The maximum absolute atomic E-state index is 11.3. The van der Waals surface area contributed by atoms with Gasteiger partial charge < -0.3 is 20.9 Å². The van der Waals surface area contributed by atoms with Gasteiger partial charge in [0.05, 0.1) is 28.4 Å². The van der Waals surface area contributed by atoms with Gasteiger partial charge in [-0.25, -0.2) is 4.79 Å². The topological polar surface area (TPSA) is 84.6 Å². The van der Waals surface area contributed by atoms with Crippen LogP contribution in [0, 0.1) is 0 Å². The van der Waals surface area contributed by atoms with Crippen molar-refractivity contribution < 1.29 is 14.6 Å². The first kappa shape index (κ1) is 15.3. The average Bonchev–Trinajstić information content (AvgIpc) is 2.41. The van der Waals surface area contributed by atoms with Crippen molar-refractivity contribution in [1.29, 1.82) is 0 Å². The van der Waals surface area contributed by atoms with E-state index in [2.05, 4.69) is 5.32 Å². The quantitative estimate of drug-likeness (QED) is 0.739. The van der Waals surface area contributed by atoms with Crippen molar-refractivity contribution in [3.63, 3.8) is 0 Å². The van der Waals surface area contributed by atoms with Gasteiger partial charge in [-0.15, -0.1) is 0 Å². The van der Waals surface area contributed by atoms with Crippen LogP contribution in [0.25, 0.3) is 0 Å². The summed E-state index contributed by atoms with van der Waals surface area (Å²) >= 11 is 12.1. The minimum atomic E-state index is -1.13. The number of carboxylic acids is 1. The highest BCUT2D eigenvalue weighted by molar-refractivity contribution is 6.34. The van der Waals surface area contributed by atoms with Crippen LogP contribution in [0.3, 0.4) is 0 Å². The normalized spacial score (nSPS) is 10.2. The third kappa shape index (κ3) is 3.32. The molecule has 0 spiro atoms. The number of halogens is 2. The van der Waals surface area contributed by atoms with Crippen LogP contribution >= 0.6 is 23.2 Å². The molecule has 0 saturated heterocycles. The van der Waals surface area contributed by atoms with Crippen molar-refractivity contribution in [1.82, 2.24) is 0 Å². The number of methoxy groups -OCH3 is 1. The number of nitrogens with one attached hydrogen (secondary N) is 1. The highest BCUT2D eigenvalue weighted by Crippen LogP contribution is 2.34. The van der Waals surface area contributed by atoms with Crippen LogP contribution in [0.2, 0.25) is 10.0 Å². The molecule has 0 fully saturated rings. The second-order valence-corrected chi connectivity index (χ2v) is 5.02. The van der Waals surface area contributed by atoms with E-state index in [-0.39, 0.29) is 22.0 Å². The molecule has 4 N–H and O–H groups in total. The van der Waals surface area contributed by atoms with Gasteiger partial charge in [0.15, 0.2) is 0 Å². The Labute approximate surface area is 131 Å². The Morgan fingerprint density at radius 2 is 1.95 bits per heavy atom. The molecule has 0 heterocycles. The second-order valence-electron chi connectivity index (χ2n) is 4.20. The molecule has 2 aromatic rings. The largest absolute Gasteiger partial charge is 0.495 e. The molecule has 110 valence electrons. The van der Waals surface area contributed by atoms with Crippen molar-refractivity contribution in [2.75, 3.05) is 18.2 Å². The number of rotatable bonds is 4. The third-order valence-electron chi connectivity index (χ3n) is 2.76. The Morgan fingerprint density at radius 1 is 1.24 bits per heavy atom. The highest BCUT2D eigenvalue weighted by Gasteiger charge is 2.15. The predicted octanol–water partition coefficient (Wildman–Crippen LogP) is 4.03. The van der Waals surface area contributed by atoms with Gasteiger partial charge in [0, 0.05) is 11.4 Å². The van der Waals surface area contributed by atoms with Crippen LogP contribution < -0.4 is 15.8 Å². The molecule has 0 bridgehead atoms. The maximum Gasteiger partial charge on any atom is 0.337 e. The molecule has 0 saturated carbocycles. The van der Waals surface area contributed by atoms with Gasteiger partial charge in [-0.3, -0.25) is 0 Å². The molecular weight excluding hydrogens is 315 g/mol. The number of hydrogen-bond acceptors (Lipinski definition) is 4. The summed E-state index contributed by atoms with van der Waals surface area (Å²) in [5.41, 5.74) is 6.69. The summed E-state index contributed by atoms with van der Waals surface area (Å²) < 4.78 is 5.06. The van der Waals surface area contributed by atoms with Gasteiger partial charge in [-0.1, -0.05) is 23.2 Å². The van der Waals surface area contributed by atoms with Gasteiger partial charge >= 0.3 is 5.97 Å². The van der Waals surface area contributed by atoms with Gasteiger partial charge in [-0.05, 0) is 30.3 Å². The molecule has 5 nitrogen and oxygen atoms in total. The lowest BCUT2D eigenvalue weighted by Gasteiger charge is -2.13. The number of ether oxygens (including phenoxy) is 1. The van der Waals surface area contributed by atoms with Crippen LogP contribution in [-0.2, 0) is 0 Å². The SMILES string of the molecule is COc1ccc(Nc2c(Cl)cc(N)cc2C(=O)O)cc1Cl. The van der Waals surface area contributed by atoms with E-state index in [0.717, 1.165) is 0 Å². The van der Waals surface area contributed by atoms with E-state index in [1.54, 1.807) is 18.2 Å². The van der Waals surface area contributed by atoms with Crippen molar-refractivity contribution in [3.05, 3.63) is 45.9 Å². The number of hydrogen-bond donors (Lipinski definition) is 3. The first-order valence-corrected chi connectivity index (χ1v) is 6.61. The molecule has 2 aromatic carbocycles. The van der Waals surface area contributed by atoms with Crippen molar-refractivity contribution >= 4 is 46.2 Å². The van der Waals surface area contributed by atoms with Crippen molar-refractivity contribution in [2.45, 2.75) is 0 Å². The van der Waals surface area contributed by atoms with Crippen LogP contribution in [0.4, 0.5) is 17.1 Å². The number of nitrogens with two attached hydrogens (primary N) is 1. The predicted molar refractivity (Wildman–Crippen MR) is 84.1 cm³/mol. The first-order chi connectivity index (χ1) is 9.92. The lowest BCUT2D eigenvalue weighted by molar-refractivity contribution is 0.0698. The molecule has 0 aliphatic rings. The van der Waals surface area contributed by atoms with E-state index < -0.39 is 5.97 Å². The summed E-state index contributed by atoms with van der Waals surface area (Å²) in [5, 5.41) is 12.8. The van der Waals surface area contributed by atoms with Crippen LogP contribution in [0.15, 0.2) is 30.3 Å². The summed E-state index contributed by atoms with van der Waals surface area (Å²) in [6.45, 7) is 0. The average molecular weight is 327 g/mol. The van der Waals surface area contributed by atoms with Crippen LogP contribution in [0.5, 0.6) is 5.75 Å². The third-order valence-corrected chi connectivity index (χ3v) is 3.36. The number of benzene rings is 2. The summed E-state index contributed by atoms with van der Waals surface area (Å²) in [6, 6.07) is 7.78. The summed E-state index contributed by atoms with van der Waals surface area (Å²) in [5.74, 6) is -0.615. The zero-order valence-electron chi connectivity index (χ0n) is 11.0. The molecule has 0 aromatic heterocycles.